The number of aliphatic hydroxyl groups is 1. The second-order valence-corrected chi connectivity index (χ2v) is 12.0. The molecule has 1 aromatic carbocycles. The molecule has 3 fully saturated rings. The van der Waals surface area contributed by atoms with E-state index in [2.05, 4.69) is 37.3 Å². The number of carbonyl (C=O) groups is 4. The number of carbonyl (C=O) groups excluding carboxylic acids is 3. The molecule has 6 N–H and O–H groups in total. The van der Waals surface area contributed by atoms with E-state index in [1.54, 1.807) is 4.90 Å². The van der Waals surface area contributed by atoms with E-state index in [1.165, 1.54) is 29.8 Å². The number of aliphatic hydroxyl groups excluding tert-OH is 1. The van der Waals surface area contributed by atoms with Crippen LogP contribution < -0.4 is 21.3 Å². The fourth-order valence-electron chi connectivity index (χ4n) is 6.03. The maximum Gasteiger partial charge on any atom is 0.435 e. The van der Waals surface area contributed by atoms with E-state index in [1.807, 2.05) is 0 Å². The van der Waals surface area contributed by atoms with E-state index in [-0.39, 0.29) is 76.3 Å². The van der Waals surface area contributed by atoms with Gasteiger partial charge in [0.05, 0.1) is 40.2 Å². The summed E-state index contributed by atoms with van der Waals surface area (Å²) in [6.45, 7) is 1.48. The number of amides is 4. The Morgan fingerprint density at radius 3 is 2.47 bits per heavy atom. The van der Waals surface area contributed by atoms with Crippen LogP contribution in [0, 0.1) is 24.2 Å². The average Bonchev–Trinajstić information content (AvgIpc) is 3.59. The number of likely N-dealkylation sites (tertiary alicyclic amines) is 1. The predicted molar refractivity (Wildman–Crippen MR) is 167 cm³/mol. The molecule has 1 saturated carbocycles. The molecule has 2 aliphatic heterocycles. The average molecular weight is 706 g/mol. The first kappa shape index (κ1) is 35.2. The number of halogens is 4. The van der Waals surface area contributed by atoms with E-state index in [0.717, 1.165) is 17.1 Å². The lowest BCUT2D eigenvalue weighted by atomic mass is 10.2. The number of alkyl halides is 3. The lowest BCUT2D eigenvalue weighted by molar-refractivity contribution is -0.141. The fraction of sp³-hybridized carbons (Fsp3) is 0.400. The first-order chi connectivity index (χ1) is 23.3. The molecule has 0 bridgehead atoms. The molecule has 4 heterocycles. The number of carboxylic acid groups (broad SMARTS) is 1. The van der Waals surface area contributed by atoms with Crippen molar-refractivity contribution in [3.8, 4) is 23.6 Å². The van der Waals surface area contributed by atoms with Crippen molar-refractivity contribution in [2.45, 2.75) is 30.9 Å². The molecule has 0 spiro atoms. The Bertz CT molecular complexity index is 1790. The highest BCUT2D eigenvalue weighted by Crippen LogP contribution is 2.45. The van der Waals surface area contributed by atoms with Crippen molar-refractivity contribution in [3.05, 3.63) is 52.7 Å². The topological polar surface area (TPSA) is 196 Å². The molecule has 6 rings (SSSR count). The maximum absolute atomic E-state index is 13.6. The summed E-state index contributed by atoms with van der Waals surface area (Å²) in [4.78, 5) is 52.6. The van der Waals surface area contributed by atoms with E-state index in [4.69, 9.17) is 27.9 Å². The molecule has 4 amide bonds. The van der Waals surface area contributed by atoms with Gasteiger partial charge in [0.15, 0.2) is 11.5 Å². The first-order valence-electron chi connectivity index (χ1n) is 14.8. The van der Waals surface area contributed by atoms with E-state index in [0.29, 0.717) is 26.2 Å². The Morgan fingerprint density at radius 1 is 1.18 bits per heavy atom. The highest BCUT2D eigenvalue weighted by atomic mass is 35.5. The maximum atomic E-state index is 13.6. The molecule has 1 aliphatic carbocycles. The standard InChI is InChI=1S/C29H29ClF3N9O4.CH2O2/c1-3-6-42-13-18(24(39-42)29(31,32)33)21-9-35-25(40(21)2)27(45)36-14-4-5-15(19(30)7-14)26(44)38-23-16-11-41(12-17(16)23)28(46)37-20-8-34-10-22(20)43;2-1-3/h1,4-5,7,9,13,16-17,20,22-23,34,43H,6,8,10-12H2,2H3,(H,36,45)(H,37,46)(H,38,44);1H,(H,2,3)/t16-,17+,20-,22-,23?;/m1./s1. The van der Waals surface area contributed by atoms with Gasteiger partial charge >= 0.3 is 12.2 Å². The summed E-state index contributed by atoms with van der Waals surface area (Å²) in [5.74, 6) is 1.16. The van der Waals surface area contributed by atoms with E-state index < -0.39 is 29.8 Å². The number of piperidine rings is 1. The van der Waals surface area contributed by atoms with Crippen LogP contribution >= 0.6 is 11.6 Å². The lowest BCUT2D eigenvalue weighted by Gasteiger charge is -2.24. The summed E-state index contributed by atoms with van der Waals surface area (Å²) in [7, 11) is 1.40. The number of hydrogen-bond acceptors (Lipinski definition) is 8. The van der Waals surface area contributed by atoms with Crippen LogP contribution in [0.5, 0.6) is 0 Å². The Labute approximate surface area is 281 Å². The number of fused-ring (bicyclic) bond motifs is 1. The van der Waals surface area contributed by atoms with Crippen LogP contribution in [0.25, 0.3) is 11.3 Å². The molecule has 260 valence electrons. The van der Waals surface area contributed by atoms with Crippen molar-refractivity contribution in [2.75, 3.05) is 31.5 Å². The van der Waals surface area contributed by atoms with Crippen molar-refractivity contribution in [1.82, 2.24) is 40.2 Å². The molecule has 5 atom stereocenters. The molecule has 15 nitrogen and oxygen atoms in total. The number of benzene rings is 1. The molecular formula is C30H31ClF3N9O6. The van der Waals surface area contributed by atoms with Crippen LogP contribution in [-0.4, -0.2) is 103 Å². The number of rotatable bonds is 7. The van der Waals surface area contributed by atoms with Gasteiger partial charge in [-0.3, -0.25) is 19.1 Å². The fourth-order valence-corrected chi connectivity index (χ4v) is 6.29. The zero-order valence-corrected chi connectivity index (χ0v) is 26.5. The van der Waals surface area contributed by atoms with Crippen molar-refractivity contribution in [3.63, 3.8) is 0 Å². The number of aromatic nitrogens is 4. The summed E-state index contributed by atoms with van der Waals surface area (Å²) in [5.41, 5.74) is -1.02. The van der Waals surface area contributed by atoms with Crippen LogP contribution in [0.1, 0.15) is 26.7 Å². The second kappa shape index (κ2) is 14.2. The minimum Gasteiger partial charge on any atom is -0.483 e. The summed E-state index contributed by atoms with van der Waals surface area (Å²) in [6, 6.07) is 3.62. The Balaban J connectivity index is 0.00000151. The highest BCUT2D eigenvalue weighted by molar-refractivity contribution is 6.34. The van der Waals surface area contributed by atoms with Gasteiger partial charge in [-0.2, -0.15) is 18.3 Å². The van der Waals surface area contributed by atoms with Crippen LogP contribution in [0.2, 0.25) is 5.02 Å². The van der Waals surface area contributed by atoms with Gasteiger partial charge in [0.2, 0.25) is 0 Å². The lowest BCUT2D eigenvalue weighted by Crippen LogP contribution is -2.49. The van der Waals surface area contributed by atoms with Gasteiger partial charge in [0, 0.05) is 63.0 Å². The summed E-state index contributed by atoms with van der Waals surface area (Å²) >= 11 is 6.39. The number of terminal acetylenes is 1. The highest BCUT2D eigenvalue weighted by Gasteiger charge is 2.57. The number of β-amino-alcohol motifs (C(OH)–C–C–N with tert-alkyl or cyclic N) is 1. The van der Waals surface area contributed by atoms with Crippen molar-refractivity contribution in [1.29, 1.82) is 0 Å². The van der Waals surface area contributed by atoms with Gasteiger partial charge < -0.3 is 40.9 Å². The minimum atomic E-state index is -4.76. The molecule has 2 saturated heterocycles. The normalized spacial score (nSPS) is 22.3. The molecular weight excluding hydrogens is 675 g/mol. The molecule has 3 aromatic rings. The Morgan fingerprint density at radius 2 is 1.88 bits per heavy atom. The summed E-state index contributed by atoms with van der Waals surface area (Å²) in [6.07, 6.45) is 2.11. The third kappa shape index (κ3) is 7.48. The zero-order chi connectivity index (χ0) is 35.6. The van der Waals surface area contributed by atoms with Crippen LogP contribution in [0.15, 0.2) is 30.6 Å². The van der Waals surface area contributed by atoms with Crippen molar-refractivity contribution in [2.24, 2.45) is 18.9 Å². The minimum absolute atomic E-state index is 0.00398. The third-order valence-electron chi connectivity index (χ3n) is 8.49. The van der Waals surface area contributed by atoms with Crippen LogP contribution in [-0.2, 0) is 24.6 Å². The number of nitrogens with zero attached hydrogens (tertiary/aromatic N) is 5. The predicted octanol–water partition coefficient (Wildman–Crippen LogP) is 1.24. The third-order valence-corrected chi connectivity index (χ3v) is 8.81. The van der Waals surface area contributed by atoms with E-state index in [9.17, 15) is 32.7 Å². The summed E-state index contributed by atoms with van der Waals surface area (Å²) < 4.78 is 43.1. The van der Waals surface area contributed by atoms with Gasteiger partial charge in [-0.05, 0) is 18.2 Å². The van der Waals surface area contributed by atoms with Crippen LogP contribution in [0.4, 0.5) is 23.7 Å². The molecule has 3 aliphatic rings. The Hall–Kier alpha value is -5.12. The van der Waals surface area contributed by atoms with Gasteiger partial charge in [0.25, 0.3) is 18.3 Å². The number of imidazole rings is 1. The monoisotopic (exact) mass is 705 g/mol. The van der Waals surface area contributed by atoms with E-state index >= 15 is 0 Å². The first-order valence-corrected chi connectivity index (χ1v) is 15.2. The molecule has 19 heteroatoms. The molecule has 1 unspecified atom stereocenters. The SMILES string of the molecule is C#CCn1cc(-c2cnc(C(=O)Nc3ccc(C(=O)NC4[C@H]5CN(C(=O)N[C@@H]6CNC[C@H]6O)C[C@@H]45)c(Cl)c3)n2C)c(C(F)(F)F)n1.O=CO. The van der Waals surface area contributed by atoms with Gasteiger partial charge in [-0.25, -0.2) is 9.78 Å². The zero-order valence-electron chi connectivity index (χ0n) is 25.7. The molecule has 0 radical (unpaired) electrons. The Kier molecular flexibility index (Phi) is 10.2. The second-order valence-electron chi connectivity index (χ2n) is 11.6. The van der Waals surface area contributed by atoms with Crippen molar-refractivity contribution < 1.29 is 42.6 Å². The van der Waals surface area contributed by atoms with Gasteiger partial charge in [-0.1, -0.05) is 17.5 Å². The number of urea groups is 1. The molecule has 2 aromatic heterocycles. The summed E-state index contributed by atoms with van der Waals surface area (Å²) in [5, 5.41) is 31.8. The van der Waals surface area contributed by atoms with Gasteiger partial charge in [0.1, 0.15) is 6.54 Å². The van der Waals surface area contributed by atoms with Gasteiger partial charge in [-0.15, -0.1) is 6.42 Å². The largest absolute Gasteiger partial charge is 0.483 e. The smallest absolute Gasteiger partial charge is 0.435 e. The number of hydrogen-bond donors (Lipinski definition) is 6. The van der Waals surface area contributed by atoms with Crippen LogP contribution in [0.3, 0.4) is 0 Å². The number of anilines is 1. The quantitative estimate of drug-likeness (QED) is 0.155. The molecule has 49 heavy (non-hydrogen) atoms. The number of nitrogens with one attached hydrogen (secondary N) is 4. The van der Waals surface area contributed by atoms with Crippen molar-refractivity contribution >= 4 is 41.6 Å².